The molecule has 0 aliphatic heterocycles. The fourth-order valence-corrected chi connectivity index (χ4v) is 2.30. The maximum absolute atomic E-state index is 12.5. The number of nitrogens with zero attached hydrogens (tertiary/aromatic N) is 2. The number of halogens is 1. The summed E-state index contributed by atoms with van der Waals surface area (Å²) in [6.45, 7) is 2.58. The molecule has 2 aromatic rings. The molecule has 0 N–H and O–H groups in total. The van der Waals surface area contributed by atoms with Crippen LogP contribution in [0.15, 0.2) is 30.5 Å². The highest BCUT2D eigenvalue weighted by Gasteiger charge is 2.20. The first-order valence-corrected chi connectivity index (χ1v) is 6.65. The topological polar surface area (TPSA) is 44.1 Å². The minimum absolute atomic E-state index is 0.0651. The molecule has 1 aromatic heterocycles. The fraction of sp³-hybridized carbons (Fsp3) is 0.231. The Balaban J connectivity index is 2.48. The van der Waals surface area contributed by atoms with Gasteiger partial charge in [0.1, 0.15) is 0 Å². The Labute approximate surface area is 119 Å². The molecule has 0 radical (unpaired) electrons. The molecule has 0 atom stereocenters. The fourth-order valence-electron chi connectivity index (χ4n) is 1.75. The van der Waals surface area contributed by atoms with Gasteiger partial charge in [-0.15, -0.1) is 0 Å². The van der Waals surface area contributed by atoms with Gasteiger partial charge in [-0.3, -0.25) is 9.48 Å². The number of carbonyl (C=O) groups excluding carboxylic acids is 1. The van der Waals surface area contributed by atoms with Crippen LogP contribution in [0.4, 0.5) is 0 Å². The van der Waals surface area contributed by atoms with Crippen molar-refractivity contribution in [3.05, 3.63) is 45.3 Å². The Bertz CT molecular complexity index is 557. The Hall–Kier alpha value is -1.37. The number of hydrogen-bond acceptors (Lipinski definition) is 3. The van der Waals surface area contributed by atoms with Gasteiger partial charge in [-0.1, -0.05) is 12.1 Å². The van der Waals surface area contributed by atoms with Crippen LogP contribution in [0.5, 0.6) is 5.75 Å². The molecular formula is C13H13IN2O2. The second-order valence-corrected chi connectivity index (χ2v) is 4.96. The minimum Gasteiger partial charge on any atom is -0.493 e. The van der Waals surface area contributed by atoms with E-state index in [1.54, 1.807) is 24.1 Å². The molecule has 2 rings (SSSR count). The number of aromatic nitrogens is 2. The van der Waals surface area contributed by atoms with E-state index in [-0.39, 0.29) is 5.78 Å². The predicted molar refractivity (Wildman–Crippen MR) is 77.0 cm³/mol. The lowest BCUT2D eigenvalue weighted by atomic mass is 10.1. The quantitative estimate of drug-likeness (QED) is 0.625. The van der Waals surface area contributed by atoms with E-state index in [1.165, 1.54) is 0 Å². The zero-order valence-corrected chi connectivity index (χ0v) is 12.3. The molecule has 0 bridgehead atoms. The highest BCUT2D eigenvalue weighted by atomic mass is 127. The summed E-state index contributed by atoms with van der Waals surface area (Å²) in [4.78, 5) is 12.5. The van der Waals surface area contributed by atoms with Gasteiger partial charge in [-0.25, -0.2) is 0 Å². The molecule has 1 aromatic carbocycles. The maximum atomic E-state index is 12.5. The number of carbonyl (C=O) groups is 1. The number of ketones is 1. The van der Waals surface area contributed by atoms with Crippen LogP contribution in [0.2, 0.25) is 0 Å². The van der Waals surface area contributed by atoms with Gasteiger partial charge in [0.2, 0.25) is 5.78 Å². The lowest BCUT2D eigenvalue weighted by Gasteiger charge is -2.06. The largest absolute Gasteiger partial charge is 0.493 e. The summed E-state index contributed by atoms with van der Waals surface area (Å²) in [5.41, 5.74) is 1.15. The highest BCUT2D eigenvalue weighted by Crippen LogP contribution is 2.22. The first-order chi connectivity index (χ1) is 8.67. The summed E-state index contributed by atoms with van der Waals surface area (Å²) in [6.07, 6.45) is 1.57. The third kappa shape index (κ3) is 2.40. The number of rotatable bonds is 4. The van der Waals surface area contributed by atoms with Crippen LogP contribution < -0.4 is 4.74 Å². The van der Waals surface area contributed by atoms with Crippen molar-refractivity contribution in [2.24, 2.45) is 0 Å². The molecule has 94 valence electrons. The Morgan fingerprint density at radius 1 is 1.50 bits per heavy atom. The lowest BCUT2D eigenvalue weighted by Crippen LogP contribution is -2.11. The van der Waals surface area contributed by atoms with E-state index in [1.807, 2.05) is 25.1 Å². The summed E-state index contributed by atoms with van der Waals surface area (Å²) in [5, 5.41) is 4.14. The van der Waals surface area contributed by atoms with E-state index in [9.17, 15) is 4.79 Å². The van der Waals surface area contributed by atoms with Crippen molar-refractivity contribution < 1.29 is 9.53 Å². The molecule has 0 unspecified atom stereocenters. The molecule has 5 heteroatoms. The van der Waals surface area contributed by atoms with E-state index in [0.29, 0.717) is 23.6 Å². The van der Waals surface area contributed by atoms with Gasteiger partial charge in [-0.05, 0) is 41.6 Å². The first-order valence-electron chi connectivity index (χ1n) is 5.57. The van der Waals surface area contributed by atoms with Crippen LogP contribution in [0, 0.1) is 3.57 Å². The third-order valence-electron chi connectivity index (χ3n) is 2.63. The average Bonchev–Trinajstić information content (AvgIpc) is 2.80. The molecule has 0 aliphatic rings. The van der Waals surface area contributed by atoms with Crippen LogP contribution in [-0.4, -0.2) is 22.7 Å². The van der Waals surface area contributed by atoms with E-state index < -0.39 is 0 Å². The summed E-state index contributed by atoms with van der Waals surface area (Å²) in [6, 6.07) is 7.48. The molecule has 18 heavy (non-hydrogen) atoms. The van der Waals surface area contributed by atoms with Gasteiger partial charge >= 0.3 is 0 Å². The number of benzene rings is 1. The predicted octanol–water partition coefficient (Wildman–Crippen LogP) is 2.75. The number of ether oxygens (including phenoxy) is 1. The van der Waals surface area contributed by atoms with E-state index in [4.69, 9.17) is 4.74 Å². The normalized spacial score (nSPS) is 10.4. The van der Waals surface area contributed by atoms with Crippen molar-refractivity contribution in [2.75, 3.05) is 7.11 Å². The van der Waals surface area contributed by atoms with Crippen molar-refractivity contribution in [3.63, 3.8) is 0 Å². The minimum atomic E-state index is -0.0651. The zero-order chi connectivity index (χ0) is 13.1. The maximum Gasteiger partial charge on any atom is 0.214 e. The second-order valence-electron chi connectivity index (χ2n) is 3.72. The smallest absolute Gasteiger partial charge is 0.214 e. The average molecular weight is 356 g/mol. The van der Waals surface area contributed by atoms with Crippen LogP contribution in [-0.2, 0) is 6.54 Å². The van der Waals surface area contributed by atoms with E-state index >= 15 is 0 Å². The molecule has 0 saturated carbocycles. The van der Waals surface area contributed by atoms with Gasteiger partial charge in [0, 0.05) is 15.7 Å². The number of aryl methyl sites for hydroxylation is 1. The van der Waals surface area contributed by atoms with Gasteiger partial charge in [-0.2, -0.15) is 5.10 Å². The Kier molecular flexibility index (Phi) is 4.00. The van der Waals surface area contributed by atoms with Gasteiger partial charge in [0.15, 0.2) is 11.4 Å². The molecule has 0 aliphatic carbocycles. The second kappa shape index (κ2) is 5.51. The van der Waals surface area contributed by atoms with Crippen molar-refractivity contribution >= 4 is 28.4 Å². The summed E-state index contributed by atoms with van der Waals surface area (Å²) in [5.74, 6) is 0.449. The van der Waals surface area contributed by atoms with Crippen LogP contribution in [0.1, 0.15) is 23.0 Å². The standard InChI is InChI=1S/C13H13IN2O2/c1-3-16-12(11(18-2)8-15-16)13(17)9-5-4-6-10(14)7-9/h4-8H,3H2,1-2H3. The van der Waals surface area contributed by atoms with E-state index in [0.717, 1.165) is 3.57 Å². The van der Waals surface area contributed by atoms with Crippen molar-refractivity contribution in [3.8, 4) is 5.75 Å². The zero-order valence-electron chi connectivity index (χ0n) is 10.2. The summed E-state index contributed by atoms with van der Waals surface area (Å²) >= 11 is 2.19. The Morgan fingerprint density at radius 3 is 2.89 bits per heavy atom. The van der Waals surface area contributed by atoms with Crippen molar-refractivity contribution in [1.29, 1.82) is 0 Å². The molecule has 0 saturated heterocycles. The van der Waals surface area contributed by atoms with Gasteiger partial charge in [0.05, 0.1) is 13.3 Å². The summed E-state index contributed by atoms with van der Waals surface area (Å²) in [7, 11) is 1.54. The third-order valence-corrected chi connectivity index (χ3v) is 3.30. The summed E-state index contributed by atoms with van der Waals surface area (Å²) < 4.78 is 7.88. The SMILES string of the molecule is CCn1ncc(OC)c1C(=O)c1cccc(I)c1. The number of hydrogen-bond donors (Lipinski definition) is 0. The van der Waals surface area contributed by atoms with Gasteiger partial charge in [0.25, 0.3) is 0 Å². The van der Waals surface area contributed by atoms with E-state index in [2.05, 4.69) is 27.7 Å². The lowest BCUT2D eigenvalue weighted by molar-refractivity contribution is 0.102. The van der Waals surface area contributed by atoms with Crippen molar-refractivity contribution in [2.45, 2.75) is 13.5 Å². The van der Waals surface area contributed by atoms with Crippen LogP contribution >= 0.6 is 22.6 Å². The monoisotopic (exact) mass is 356 g/mol. The van der Waals surface area contributed by atoms with Gasteiger partial charge < -0.3 is 4.74 Å². The molecule has 4 nitrogen and oxygen atoms in total. The van der Waals surface area contributed by atoms with Crippen molar-refractivity contribution in [1.82, 2.24) is 9.78 Å². The molecule has 0 fully saturated rings. The Morgan fingerprint density at radius 2 is 2.28 bits per heavy atom. The van der Waals surface area contributed by atoms with Crippen LogP contribution in [0.3, 0.4) is 0 Å². The first kappa shape index (κ1) is 13.1. The molecule has 0 amide bonds. The molecule has 1 heterocycles. The van der Waals surface area contributed by atoms with Crippen LogP contribution in [0.25, 0.3) is 0 Å². The molecule has 0 spiro atoms. The highest BCUT2D eigenvalue weighted by molar-refractivity contribution is 14.1. The number of methoxy groups -OCH3 is 1. The molecular weight excluding hydrogens is 343 g/mol.